The van der Waals surface area contributed by atoms with E-state index in [-0.39, 0.29) is 11.0 Å². The average molecular weight is 276 g/mol. The van der Waals surface area contributed by atoms with E-state index < -0.39 is 9.84 Å². The lowest BCUT2D eigenvalue weighted by atomic mass is 10.4. The van der Waals surface area contributed by atoms with Crippen LogP contribution in [0.3, 0.4) is 0 Å². The molecule has 1 aromatic heterocycles. The molecule has 0 amide bonds. The summed E-state index contributed by atoms with van der Waals surface area (Å²) in [5.74, 6) is 0.0526. The zero-order chi connectivity index (χ0) is 13.1. The Morgan fingerprint density at radius 3 is 2.53 bits per heavy atom. The number of thiazole rings is 1. The van der Waals surface area contributed by atoms with Crippen LogP contribution in [0.15, 0.2) is 6.20 Å². The van der Waals surface area contributed by atoms with Crippen LogP contribution in [0.4, 0.5) is 0 Å². The second kappa shape index (κ2) is 5.93. The first kappa shape index (κ1) is 14.6. The molecule has 4 nitrogen and oxygen atoms in total. The van der Waals surface area contributed by atoms with Crippen molar-refractivity contribution < 1.29 is 8.42 Å². The summed E-state index contributed by atoms with van der Waals surface area (Å²) in [6, 6.07) is 0.417. The maximum Gasteiger partial charge on any atom is 0.159 e. The first-order valence-electron chi connectivity index (χ1n) is 5.70. The van der Waals surface area contributed by atoms with Crippen LogP contribution in [0.1, 0.15) is 37.6 Å². The normalized spacial score (nSPS) is 12.6. The van der Waals surface area contributed by atoms with Gasteiger partial charge in [0.1, 0.15) is 10.8 Å². The number of sulfone groups is 1. The monoisotopic (exact) mass is 276 g/mol. The maximum absolute atomic E-state index is 11.7. The Hall–Kier alpha value is -0.460. The smallest absolute Gasteiger partial charge is 0.159 e. The van der Waals surface area contributed by atoms with Crippen molar-refractivity contribution in [3.05, 3.63) is 16.1 Å². The van der Waals surface area contributed by atoms with Crippen molar-refractivity contribution in [2.45, 2.75) is 51.3 Å². The molecule has 0 aliphatic carbocycles. The van der Waals surface area contributed by atoms with Crippen molar-refractivity contribution in [1.29, 1.82) is 0 Å². The molecule has 0 bridgehead atoms. The Labute approximate surface area is 107 Å². The fraction of sp³-hybridized carbons (Fsp3) is 0.727. The van der Waals surface area contributed by atoms with Crippen molar-refractivity contribution in [3.8, 4) is 0 Å². The van der Waals surface area contributed by atoms with Crippen LogP contribution in [0.2, 0.25) is 0 Å². The van der Waals surface area contributed by atoms with Gasteiger partial charge in [-0.1, -0.05) is 13.8 Å². The molecule has 0 atom stereocenters. The van der Waals surface area contributed by atoms with Gasteiger partial charge in [0.25, 0.3) is 0 Å². The SMILES string of the molecule is CC(C)NCc1cnc(CS(=O)(=O)C(C)C)s1. The molecule has 17 heavy (non-hydrogen) atoms. The Kier molecular flexibility index (Phi) is 5.09. The van der Waals surface area contributed by atoms with Crippen molar-refractivity contribution in [2.75, 3.05) is 0 Å². The summed E-state index contributed by atoms with van der Waals surface area (Å²) in [6.45, 7) is 8.29. The van der Waals surface area contributed by atoms with Gasteiger partial charge in [-0.25, -0.2) is 13.4 Å². The van der Waals surface area contributed by atoms with Gasteiger partial charge in [-0.2, -0.15) is 0 Å². The highest BCUT2D eigenvalue weighted by Crippen LogP contribution is 2.17. The fourth-order valence-corrected chi connectivity index (χ4v) is 3.29. The Bertz CT molecular complexity index is 450. The van der Waals surface area contributed by atoms with E-state index in [0.29, 0.717) is 11.0 Å². The minimum absolute atomic E-state index is 0.0526. The lowest BCUT2D eigenvalue weighted by molar-refractivity contribution is 0.586. The van der Waals surface area contributed by atoms with Gasteiger partial charge < -0.3 is 5.32 Å². The third kappa shape index (κ3) is 4.73. The summed E-state index contributed by atoms with van der Waals surface area (Å²) in [5.41, 5.74) is 0. The van der Waals surface area contributed by atoms with Gasteiger partial charge in [0, 0.05) is 23.7 Å². The first-order chi connectivity index (χ1) is 7.81. The molecule has 0 fully saturated rings. The fourth-order valence-electron chi connectivity index (χ4n) is 1.14. The molecule has 0 unspecified atom stereocenters. The van der Waals surface area contributed by atoms with Crippen LogP contribution in [0.5, 0.6) is 0 Å². The second-order valence-electron chi connectivity index (χ2n) is 4.61. The van der Waals surface area contributed by atoms with E-state index in [2.05, 4.69) is 24.1 Å². The molecule has 0 radical (unpaired) electrons. The van der Waals surface area contributed by atoms with E-state index in [1.165, 1.54) is 11.3 Å². The number of hydrogen-bond acceptors (Lipinski definition) is 5. The van der Waals surface area contributed by atoms with Crippen molar-refractivity contribution in [2.24, 2.45) is 0 Å². The largest absolute Gasteiger partial charge is 0.310 e. The molecular weight excluding hydrogens is 256 g/mol. The summed E-state index contributed by atoms with van der Waals surface area (Å²) in [7, 11) is -3.04. The standard InChI is InChI=1S/C11H20N2O2S2/c1-8(2)12-5-10-6-13-11(16-10)7-17(14,15)9(3)4/h6,8-9,12H,5,7H2,1-4H3. The summed E-state index contributed by atoms with van der Waals surface area (Å²) in [6.07, 6.45) is 1.76. The lowest BCUT2D eigenvalue weighted by Crippen LogP contribution is -2.21. The van der Waals surface area contributed by atoms with Gasteiger partial charge in [-0.15, -0.1) is 11.3 Å². The molecule has 0 aliphatic rings. The van der Waals surface area contributed by atoms with Gasteiger partial charge in [0.05, 0.1) is 5.25 Å². The minimum Gasteiger partial charge on any atom is -0.310 e. The van der Waals surface area contributed by atoms with Crippen LogP contribution in [0.25, 0.3) is 0 Å². The summed E-state index contributed by atoms with van der Waals surface area (Å²) in [5, 5.41) is 3.62. The molecule has 0 aromatic carbocycles. The predicted molar refractivity (Wildman–Crippen MR) is 71.8 cm³/mol. The van der Waals surface area contributed by atoms with E-state index in [1.54, 1.807) is 20.0 Å². The zero-order valence-corrected chi connectivity index (χ0v) is 12.4. The third-order valence-electron chi connectivity index (χ3n) is 2.33. The summed E-state index contributed by atoms with van der Waals surface area (Å²) in [4.78, 5) is 5.24. The van der Waals surface area contributed by atoms with Crippen LogP contribution in [-0.2, 0) is 22.1 Å². The molecular formula is C11H20N2O2S2. The molecule has 6 heteroatoms. The second-order valence-corrected chi connectivity index (χ2v) is 8.37. The lowest BCUT2D eigenvalue weighted by Gasteiger charge is -2.05. The van der Waals surface area contributed by atoms with Crippen LogP contribution in [-0.4, -0.2) is 24.7 Å². The van der Waals surface area contributed by atoms with E-state index in [1.807, 2.05) is 0 Å². The average Bonchev–Trinajstić information content (AvgIpc) is 2.61. The number of aromatic nitrogens is 1. The minimum atomic E-state index is -3.04. The quantitative estimate of drug-likeness (QED) is 0.863. The van der Waals surface area contributed by atoms with E-state index in [9.17, 15) is 8.42 Å². The Morgan fingerprint density at radius 2 is 2.00 bits per heavy atom. The molecule has 1 rings (SSSR count). The van der Waals surface area contributed by atoms with Gasteiger partial charge in [0.15, 0.2) is 9.84 Å². The van der Waals surface area contributed by atoms with Gasteiger partial charge in [-0.05, 0) is 13.8 Å². The highest BCUT2D eigenvalue weighted by Gasteiger charge is 2.18. The first-order valence-corrected chi connectivity index (χ1v) is 8.23. The molecule has 0 spiro atoms. The van der Waals surface area contributed by atoms with Crippen LogP contribution in [0, 0.1) is 0 Å². The van der Waals surface area contributed by atoms with Crippen molar-refractivity contribution in [1.82, 2.24) is 10.3 Å². The summed E-state index contributed by atoms with van der Waals surface area (Å²) >= 11 is 1.47. The third-order valence-corrected chi connectivity index (χ3v) is 5.62. The zero-order valence-electron chi connectivity index (χ0n) is 10.7. The Morgan fingerprint density at radius 1 is 1.35 bits per heavy atom. The highest BCUT2D eigenvalue weighted by molar-refractivity contribution is 7.91. The molecule has 1 aromatic rings. The number of hydrogen-bond donors (Lipinski definition) is 1. The molecule has 1 heterocycles. The molecule has 0 aliphatic heterocycles. The number of nitrogens with one attached hydrogen (secondary N) is 1. The maximum atomic E-state index is 11.7. The predicted octanol–water partition coefficient (Wildman–Crippen LogP) is 1.96. The Balaban J connectivity index is 2.63. The highest BCUT2D eigenvalue weighted by atomic mass is 32.2. The van der Waals surface area contributed by atoms with E-state index >= 15 is 0 Å². The molecule has 0 saturated heterocycles. The van der Waals surface area contributed by atoms with Gasteiger partial charge >= 0.3 is 0 Å². The van der Waals surface area contributed by atoms with Crippen LogP contribution >= 0.6 is 11.3 Å². The number of rotatable bonds is 6. The molecule has 98 valence electrons. The van der Waals surface area contributed by atoms with Crippen molar-refractivity contribution >= 4 is 21.2 Å². The van der Waals surface area contributed by atoms with E-state index in [4.69, 9.17) is 0 Å². The van der Waals surface area contributed by atoms with E-state index in [0.717, 1.165) is 11.4 Å². The van der Waals surface area contributed by atoms with Crippen molar-refractivity contribution in [3.63, 3.8) is 0 Å². The number of nitrogens with zero attached hydrogens (tertiary/aromatic N) is 1. The van der Waals surface area contributed by atoms with Crippen LogP contribution < -0.4 is 5.32 Å². The van der Waals surface area contributed by atoms with Gasteiger partial charge in [-0.3, -0.25) is 0 Å². The molecule has 1 N–H and O–H groups in total. The molecule has 0 saturated carbocycles. The topological polar surface area (TPSA) is 59.1 Å². The van der Waals surface area contributed by atoms with Gasteiger partial charge in [0.2, 0.25) is 0 Å². The summed E-state index contributed by atoms with van der Waals surface area (Å²) < 4.78 is 23.5.